The highest BCUT2D eigenvalue weighted by Crippen LogP contribution is 2.16. The number of nitrogens with zero attached hydrogens (tertiary/aromatic N) is 2. The predicted octanol–water partition coefficient (Wildman–Crippen LogP) is 1.33. The molecule has 1 fully saturated rings. The molecule has 1 N–H and O–H groups in total. The van der Waals surface area contributed by atoms with E-state index in [1.54, 1.807) is 0 Å². The molecule has 0 aromatic rings. The van der Waals surface area contributed by atoms with Crippen LogP contribution < -0.4 is 5.32 Å². The summed E-state index contributed by atoms with van der Waals surface area (Å²) in [6.07, 6.45) is 3.00. The zero-order chi connectivity index (χ0) is 15.9. The molecular weight excluding hydrogens is 266 g/mol. The molecule has 0 radical (unpaired) electrons. The van der Waals surface area contributed by atoms with E-state index in [1.807, 2.05) is 20.9 Å². The van der Waals surface area contributed by atoms with Crippen molar-refractivity contribution in [2.75, 3.05) is 46.9 Å². The van der Waals surface area contributed by atoms with E-state index in [2.05, 4.69) is 29.1 Å². The van der Waals surface area contributed by atoms with Gasteiger partial charge in [0.1, 0.15) is 5.54 Å². The number of carbonyl (C=O) groups excluding carboxylic acids is 1. The van der Waals surface area contributed by atoms with Crippen molar-refractivity contribution in [3.8, 4) is 0 Å². The molecule has 1 heterocycles. The minimum absolute atomic E-state index is 0.138. The normalized spacial score (nSPS) is 23.8. The number of ether oxygens (including phenoxy) is 1. The maximum Gasteiger partial charge on any atom is 0.326 e. The van der Waals surface area contributed by atoms with Gasteiger partial charge < -0.3 is 19.9 Å². The number of nitrogens with one attached hydrogen (secondary N) is 1. The minimum atomic E-state index is -0.550. The number of rotatable bonds is 8. The third kappa shape index (κ3) is 5.57. The Hall–Kier alpha value is -0.650. The number of carbonyl (C=O) groups is 1. The standard InChI is InChI=1S/C16H33N3O2/c1-6-21-15(20)16(3,17-4)9-7-8-10-19-12-11-18(5)14(2)13-19/h14,17H,6-13H2,1-5H3. The van der Waals surface area contributed by atoms with Crippen LogP contribution in [0.25, 0.3) is 0 Å². The van der Waals surface area contributed by atoms with Gasteiger partial charge in [-0.15, -0.1) is 0 Å². The van der Waals surface area contributed by atoms with Crippen molar-refractivity contribution in [1.82, 2.24) is 15.1 Å². The van der Waals surface area contributed by atoms with Crippen molar-refractivity contribution in [3.05, 3.63) is 0 Å². The van der Waals surface area contributed by atoms with Gasteiger partial charge in [-0.3, -0.25) is 4.79 Å². The zero-order valence-electron chi connectivity index (χ0n) is 14.4. The first-order chi connectivity index (χ1) is 9.92. The van der Waals surface area contributed by atoms with E-state index in [4.69, 9.17) is 4.74 Å². The van der Waals surface area contributed by atoms with Crippen LogP contribution in [0.15, 0.2) is 0 Å². The van der Waals surface area contributed by atoms with E-state index in [9.17, 15) is 4.79 Å². The molecule has 21 heavy (non-hydrogen) atoms. The maximum atomic E-state index is 12.0. The number of esters is 1. The Morgan fingerprint density at radius 1 is 1.38 bits per heavy atom. The first-order valence-electron chi connectivity index (χ1n) is 8.21. The van der Waals surface area contributed by atoms with Crippen molar-refractivity contribution in [2.45, 2.75) is 51.6 Å². The lowest BCUT2D eigenvalue weighted by atomic mass is 9.95. The summed E-state index contributed by atoms with van der Waals surface area (Å²) in [4.78, 5) is 16.9. The van der Waals surface area contributed by atoms with Crippen LogP contribution in [0.3, 0.4) is 0 Å². The molecule has 1 saturated heterocycles. The number of hydrogen-bond acceptors (Lipinski definition) is 5. The molecule has 5 nitrogen and oxygen atoms in total. The molecule has 0 bridgehead atoms. The quantitative estimate of drug-likeness (QED) is 0.541. The van der Waals surface area contributed by atoms with Gasteiger partial charge in [0.15, 0.2) is 0 Å². The Bertz CT molecular complexity index is 325. The van der Waals surface area contributed by atoms with Gasteiger partial charge in [0.05, 0.1) is 6.61 Å². The van der Waals surface area contributed by atoms with Crippen LogP contribution in [0.4, 0.5) is 0 Å². The average molecular weight is 299 g/mol. The Balaban J connectivity index is 2.27. The summed E-state index contributed by atoms with van der Waals surface area (Å²) in [5.74, 6) is -0.138. The maximum absolute atomic E-state index is 12.0. The molecule has 0 aliphatic carbocycles. The fourth-order valence-corrected chi connectivity index (χ4v) is 2.76. The summed E-state index contributed by atoms with van der Waals surface area (Å²) in [5.41, 5.74) is -0.550. The number of likely N-dealkylation sites (N-methyl/N-ethyl adjacent to an activating group) is 2. The van der Waals surface area contributed by atoms with E-state index in [0.29, 0.717) is 12.6 Å². The second-order valence-corrected chi connectivity index (χ2v) is 6.39. The van der Waals surface area contributed by atoms with E-state index in [0.717, 1.165) is 45.4 Å². The highest BCUT2D eigenvalue weighted by Gasteiger charge is 2.32. The van der Waals surface area contributed by atoms with Gasteiger partial charge in [-0.2, -0.15) is 0 Å². The van der Waals surface area contributed by atoms with Gasteiger partial charge in [-0.1, -0.05) is 0 Å². The smallest absolute Gasteiger partial charge is 0.326 e. The molecule has 0 aromatic heterocycles. The highest BCUT2D eigenvalue weighted by molar-refractivity contribution is 5.80. The van der Waals surface area contributed by atoms with Crippen molar-refractivity contribution in [1.29, 1.82) is 0 Å². The third-order valence-corrected chi connectivity index (χ3v) is 4.72. The van der Waals surface area contributed by atoms with Crippen molar-refractivity contribution in [3.63, 3.8) is 0 Å². The Morgan fingerprint density at radius 3 is 2.67 bits per heavy atom. The summed E-state index contributed by atoms with van der Waals surface area (Å²) < 4.78 is 5.15. The molecule has 1 aliphatic rings. The fourth-order valence-electron chi connectivity index (χ4n) is 2.76. The van der Waals surface area contributed by atoms with E-state index >= 15 is 0 Å². The molecule has 2 unspecified atom stereocenters. The van der Waals surface area contributed by atoms with Gasteiger partial charge >= 0.3 is 5.97 Å². The lowest BCUT2D eigenvalue weighted by Crippen LogP contribution is -2.50. The molecule has 124 valence electrons. The molecule has 0 saturated carbocycles. The van der Waals surface area contributed by atoms with Gasteiger partial charge in [-0.05, 0) is 60.7 Å². The van der Waals surface area contributed by atoms with Gasteiger partial charge in [-0.25, -0.2) is 0 Å². The SMILES string of the molecule is CCOC(=O)C(C)(CCCCN1CCN(C)C(C)C1)NC. The van der Waals surface area contributed by atoms with E-state index < -0.39 is 5.54 Å². The lowest BCUT2D eigenvalue weighted by Gasteiger charge is -2.37. The molecule has 0 spiro atoms. The van der Waals surface area contributed by atoms with Crippen molar-refractivity contribution in [2.24, 2.45) is 0 Å². The van der Waals surface area contributed by atoms with Crippen LogP contribution in [0, 0.1) is 0 Å². The summed E-state index contributed by atoms with van der Waals surface area (Å²) >= 11 is 0. The highest BCUT2D eigenvalue weighted by atomic mass is 16.5. The van der Waals surface area contributed by atoms with Crippen LogP contribution in [0.5, 0.6) is 0 Å². The summed E-state index contributed by atoms with van der Waals surface area (Å²) in [7, 11) is 4.03. The van der Waals surface area contributed by atoms with Crippen molar-refractivity contribution >= 4 is 5.97 Å². The fraction of sp³-hybridized carbons (Fsp3) is 0.938. The molecule has 2 atom stereocenters. The minimum Gasteiger partial charge on any atom is -0.465 e. The Morgan fingerprint density at radius 2 is 2.10 bits per heavy atom. The van der Waals surface area contributed by atoms with Crippen LogP contribution in [-0.4, -0.2) is 74.2 Å². The monoisotopic (exact) mass is 299 g/mol. The molecule has 0 amide bonds. The molecule has 0 aromatic carbocycles. The number of piperazine rings is 1. The molecular formula is C16H33N3O2. The van der Waals surface area contributed by atoms with Crippen LogP contribution in [0.2, 0.25) is 0 Å². The van der Waals surface area contributed by atoms with Crippen LogP contribution in [0.1, 0.15) is 40.0 Å². The zero-order valence-corrected chi connectivity index (χ0v) is 14.4. The van der Waals surface area contributed by atoms with Gasteiger partial charge in [0, 0.05) is 25.7 Å². The predicted molar refractivity (Wildman–Crippen MR) is 86.5 cm³/mol. The molecule has 5 heteroatoms. The number of unbranched alkanes of at least 4 members (excludes halogenated alkanes) is 1. The average Bonchev–Trinajstić information content (AvgIpc) is 2.47. The molecule has 1 aliphatic heterocycles. The lowest BCUT2D eigenvalue weighted by molar-refractivity contribution is -0.150. The van der Waals surface area contributed by atoms with Crippen LogP contribution in [-0.2, 0) is 9.53 Å². The topological polar surface area (TPSA) is 44.8 Å². The number of hydrogen-bond donors (Lipinski definition) is 1. The second-order valence-electron chi connectivity index (χ2n) is 6.39. The van der Waals surface area contributed by atoms with E-state index in [-0.39, 0.29) is 5.97 Å². The molecule has 1 rings (SSSR count). The summed E-state index contributed by atoms with van der Waals surface area (Å²) in [6, 6.07) is 0.640. The Kier molecular flexibility index (Phi) is 7.63. The first kappa shape index (κ1) is 18.4. The van der Waals surface area contributed by atoms with E-state index in [1.165, 1.54) is 0 Å². The van der Waals surface area contributed by atoms with Crippen LogP contribution >= 0.6 is 0 Å². The Labute approximate surface area is 130 Å². The second kappa shape index (κ2) is 8.71. The van der Waals surface area contributed by atoms with Gasteiger partial charge in [0.2, 0.25) is 0 Å². The van der Waals surface area contributed by atoms with Gasteiger partial charge in [0.25, 0.3) is 0 Å². The summed E-state index contributed by atoms with van der Waals surface area (Å²) in [6.45, 7) is 11.1. The third-order valence-electron chi connectivity index (χ3n) is 4.72. The summed E-state index contributed by atoms with van der Waals surface area (Å²) in [5, 5.41) is 3.12. The first-order valence-corrected chi connectivity index (χ1v) is 8.21. The van der Waals surface area contributed by atoms with Crippen molar-refractivity contribution < 1.29 is 9.53 Å². The largest absolute Gasteiger partial charge is 0.465 e.